The van der Waals surface area contributed by atoms with Gasteiger partial charge in [0.2, 0.25) is 0 Å². The molecule has 0 aromatic carbocycles. The van der Waals surface area contributed by atoms with Crippen LogP contribution < -0.4 is 0 Å². The summed E-state index contributed by atoms with van der Waals surface area (Å²) in [5, 5.41) is 0. The minimum absolute atomic E-state index is 0. The first-order chi connectivity index (χ1) is 0. The maximum atomic E-state index is 0. The summed E-state index contributed by atoms with van der Waals surface area (Å²) in [7, 11) is 0. The Morgan fingerprint density at radius 1 is 0.500 bits per heavy atom. The van der Waals surface area contributed by atoms with E-state index in [1.54, 1.807) is 0 Å². The summed E-state index contributed by atoms with van der Waals surface area (Å²) in [6.45, 7) is 0. The van der Waals surface area contributed by atoms with Gasteiger partial charge < -0.3 is 0 Å². The molecule has 4 heteroatoms. The van der Waals surface area contributed by atoms with Crippen molar-refractivity contribution in [3.05, 3.63) is 0 Å². The van der Waals surface area contributed by atoms with Gasteiger partial charge in [-0.1, -0.05) is 0 Å². The Balaban J connectivity index is 0. The molecule has 0 aliphatic rings. The first-order valence-electron chi connectivity index (χ1n) is 0. The van der Waals surface area contributed by atoms with Crippen molar-refractivity contribution in [2.24, 2.45) is 0 Å². The van der Waals surface area contributed by atoms with Crippen LogP contribution in [0.25, 0.3) is 0 Å². The maximum absolute atomic E-state index is 0. The van der Waals surface area contributed by atoms with Gasteiger partial charge in [-0.2, -0.15) is 0 Å². The maximum Gasteiger partial charge on any atom is 0 e. The van der Waals surface area contributed by atoms with Gasteiger partial charge in [0.1, 0.15) is 0 Å². The van der Waals surface area contributed by atoms with E-state index in [1.165, 1.54) is 0 Å². The second-order valence-electron chi connectivity index (χ2n) is 0. The van der Waals surface area contributed by atoms with Gasteiger partial charge >= 0.3 is 0 Å². The summed E-state index contributed by atoms with van der Waals surface area (Å²) in [5.41, 5.74) is 0. The summed E-state index contributed by atoms with van der Waals surface area (Å²) in [4.78, 5) is 0. The Morgan fingerprint density at radius 2 is 0.500 bits per heavy atom. The van der Waals surface area contributed by atoms with Crippen LogP contribution in [-0.4, -0.2) is 0 Å². The van der Waals surface area contributed by atoms with Crippen molar-refractivity contribution < 1.29 is 84.6 Å². The van der Waals surface area contributed by atoms with E-state index in [4.69, 9.17) is 0 Å². The minimum atomic E-state index is 0. The van der Waals surface area contributed by atoms with Gasteiger partial charge in [-0.15, -0.1) is 0 Å². The SMILES string of the molecule is [Rh].[Rh].[Rh].[Zr]. The zero-order valence-corrected chi connectivity index (χ0v) is 8.87. The van der Waals surface area contributed by atoms with Crippen molar-refractivity contribution in [3.8, 4) is 0 Å². The van der Waals surface area contributed by atoms with Crippen molar-refractivity contribution >= 4 is 0 Å². The van der Waals surface area contributed by atoms with Gasteiger partial charge in [0, 0.05) is 84.6 Å². The number of rotatable bonds is 0. The molecule has 3 radical (unpaired) electrons. The van der Waals surface area contributed by atoms with Crippen LogP contribution in [0.4, 0.5) is 0 Å². The number of hydrogen-bond donors (Lipinski definition) is 0. The Bertz CT molecular complexity index is 3.25. The van der Waals surface area contributed by atoms with E-state index < -0.39 is 0 Å². The smallest absolute Gasteiger partial charge is 0 e. The summed E-state index contributed by atoms with van der Waals surface area (Å²) < 4.78 is 0. The molecule has 0 heterocycles. The molecule has 0 rings (SSSR count). The largest absolute Gasteiger partial charge is 0 e. The van der Waals surface area contributed by atoms with Crippen LogP contribution in [0, 0.1) is 0 Å². The summed E-state index contributed by atoms with van der Waals surface area (Å²) >= 11 is 0. The van der Waals surface area contributed by atoms with Crippen LogP contribution in [0.5, 0.6) is 0 Å². The second-order valence-corrected chi connectivity index (χ2v) is 0. The van der Waals surface area contributed by atoms with Gasteiger partial charge in [0.05, 0.1) is 0 Å². The van der Waals surface area contributed by atoms with E-state index in [-0.39, 0.29) is 84.6 Å². The van der Waals surface area contributed by atoms with Crippen LogP contribution in [0.3, 0.4) is 0 Å². The van der Waals surface area contributed by atoms with E-state index in [1.807, 2.05) is 0 Å². The van der Waals surface area contributed by atoms with E-state index in [0.29, 0.717) is 0 Å². The topological polar surface area (TPSA) is 0 Å². The zero-order valence-electron chi connectivity index (χ0n) is 1.50. The van der Waals surface area contributed by atoms with Gasteiger partial charge in [-0.3, -0.25) is 0 Å². The fourth-order valence-electron chi connectivity index (χ4n) is 0. The molecule has 0 N–H and O–H groups in total. The third-order valence-electron chi connectivity index (χ3n) is 0. The molecule has 0 unspecified atom stereocenters. The fourth-order valence-corrected chi connectivity index (χ4v) is 0. The van der Waals surface area contributed by atoms with Crippen molar-refractivity contribution in [2.75, 3.05) is 0 Å². The molecule has 4 heavy (non-hydrogen) atoms. The van der Waals surface area contributed by atoms with Gasteiger partial charge in [0.25, 0.3) is 0 Å². The van der Waals surface area contributed by atoms with E-state index in [2.05, 4.69) is 0 Å². The third-order valence-corrected chi connectivity index (χ3v) is 0. The molecule has 0 fully saturated rings. The monoisotopic (exact) mass is 399 g/mol. The molecule has 31 valence electrons. The first-order valence-corrected chi connectivity index (χ1v) is 0. The first kappa shape index (κ1) is 29.5. The zero-order chi connectivity index (χ0) is 0. The van der Waals surface area contributed by atoms with E-state index >= 15 is 0 Å². The number of hydrogen-bond acceptors (Lipinski definition) is 0. The van der Waals surface area contributed by atoms with Gasteiger partial charge in [-0.05, 0) is 0 Å². The predicted molar refractivity (Wildman–Crippen MR) is 0 cm³/mol. The molecule has 0 spiro atoms. The molecular weight excluding hydrogens is 400 g/mol. The molecule has 0 saturated carbocycles. The Morgan fingerprint density at radius 3 is 0.500 bits per heavy atom. The van der Waals surface area contributed by atoms with Crippen LogP contribution in [-0.2, 0) is 84.6 Å². The molecule has 0 bridgehead atoms. The van der Waals surface area contributed by atoms with Crippen molar-refractivity contribution in [1.29, 1.82) is 0 Å². The molecule has 0 saturated heterocycles. The third kappa shape index (κ3) is 8.83. The molecule has 0 aromatic rings. The predicted octanol–water partition coefficient (Wildman–Crippen LogP) is -0.0100. The summed E-state index contributed by atoms with van der Waals surface area (Å²) in [6.07, 6.45) is 0. The van der Waals surface area contributed by atoms with Crippen LogP contribution in [0.1, 0.15) is 0 Å². The van der Waals surface area contributed by atoms with Gasteiger partial charge in [0.15, 0.2) is 0 Å². The summed E-state index contributed by atoms with van der Waals surface area (Å²) in [6, 6.07) is 0. The average Bonchev–Trinajstić information content (AvgIpc) is 0. The minimum Gasteiger partial charge on any atom is 0 e. The van der Waals surface area contributed by atoms with Crippen molar-refractivity contribution in [1.82, 2.24) is 0 Å². The van der Waals surface area contributed by atoms with Crippen LogP contribution >= 0.6 is 0 Å². The van der Waals surface area contributed by atoms with E-state index in [0.717, 1.165) is 0 Å². The normalized spacial score (nSPS) is 0. The standard InChI is InChI=1S/3Rh.Zr. The van der Waals surface area contributed by atoms with E-state index in [9.17, 15) is 0 Å². The molecule has 0 nitrogen and oxygen atoms in total. The average molecular weight is 400 g/mol. The summed E-state index contributed by atoms with van der Waals surface area (Å²) in [5.74, 6) is 0. The van der Waals surface area contributed by atoms with Gasteiger partial charge in [-0.25, -0.2) is 0 Å². The molecular formula is Rh3Zr. The van der Waals surface area contributed by atoms with Crippen molar-refractivity contribution in [3.63, 3.8) is 0 Å². The Kier molecular flexibility index (Phi) is 126. The fraction of sp³-hybridized carbons (Fsp3) is 0. The van der Waals surface area contributed by atoms with Crippen LogP contribution in [0.2, 0.25) is 0 Å². The second kappa shape index (κ2) is 17.1. The van der Waals surface area contributed by atoms with Crippen molar-refractivity contribution in [2.45, 2.75) is 0 Å². The molecule has 0 aromatic heterocycles. The molecule has 0 aliphatic heterocycles. The quantitative estimate of drug-likeness (QED) is 0.503. The molecule has 0 atom stereocenters. The molecule has 0 aliphatic carbocycles. The Labute approximate surface area is 83.3 Å². The Hall–Kier alpha value is 2.75. The molecule has 0 amide bonds. The van der Waals surface area contributed by atoms with Crippen LogP contribution in [0.15, 0.2) is 0 Å².